The van der Waals surface area contributed by atoms with Gasteiger partial charge in [0.05, 0.1) is 18.2 Å². The number of hydrogen-bond acceptors (Lipinski definition) is 4. The summed E-state index contributed by atoms with van der Waals surface area (Å²) in [6.07, 6.45) is 3.97. The van der Waals surface area contributed by atoms with Crippen LogP contribution in [0.4, 0.5) is 0 Å². The molecule has 1 aliphatic rings. The van der Waals surface area contributed by atoms with Gasteiger partial charge >= 0.3 is 11.9 Å². The lowest BCUT2D eigenvalue weighted by atomic mass is 9.60. The fraction of sp³-hybridized carbons (Fsp3) is 0.226. The van der Waals surface area contributed by atoms with Gasteiger partial charge in [-0.3, -0.25) is 4.79 Å². The summed E-state index contributed by atoms with van der Waals surface area (Å²) in [5.74, 6) is -2.24. The normalized spacial score (nSPS) is 21.7. The molecule has 0 aromatic heterocycles. The molecule has 3 aromatic carbocycles. The fourth-order valence-corrected chi connectivity index (χ4v) is 5.13. The zero-order valence-electron chi connectivity index (χ0n) is 20.6. The van der Waals surface area contributed by atoms with Crippen LogP contribution < -0.4 is 5.32 Å². The molecule has 5 nitrogen and oxygen atoms in total. The van der Waals surface area contributed by atoms with Crippen LogP contribution in [0.2, 0.25) is 0 Å². The number of benzene rings is 3. The second kappa shape index (κ2) is 11.1. The molecule has 3 unspecified atom stereocenters. The van der Waals surface area contributed by atoms with Crippen molar-refractivity contribution in [3.63, 3.8) is 0 Å². The Balaban J connectivity index is 1.98. The highest BCUT2D eigenvalue weighted by Gasteiger charge is 2.57. The van der Waals surface area contributed by atoms with Crippen LogP contribution in [0, 0.1) is 11.3 Å². The van der Waals surface area contributed by atoms with Crippen molar-refractivity contribution in [3.8, 4) is 0 Å². The van der Waals surface area contributed by atoms with Crippen molar-refractivity contribution in [2.24, 2.45) is 11.3 Å². The largest absolute Gasteiger partial charge is 0.481 e. The van der Waals surface area contributed by atoms with E-state index < -0.39 is 29.3 Å². The molecule has 0 amide bonds. The molecule has 4 rings (SSSR count). The number of rotatable bonds is 8. The molecule has 0 saturated heterocycles. The van der Waals surface area contributed by atoms with E-state index in [0.29, 0.717) is 11.3 Å². The van der Waals surface area contributed by atoms with Gasteiger partial charge in [-0.1, -0.05) is 103 Å². The quantitative estimate of drug-likeness (QED) is 0.397. The molecule has 3 aromatic rings. The molecule has 3 atom stereocenters. The fourth-order valence-electron chi connectivity index (χ4n) is 5.13. The molecule has 0 fully saturated rings. The minimum atomic E-state index is -1.41. The Morgan fingerprint density at radius 3 is 2.11 bits per heavy atom. The predicted octanol–water partition coefficient (Wildman–Crippen LogP) is 5.81. The van der Waals surface area contributed by atoms with Crippen molar-refractivity contribution in [2.45, 2.75) is 26.3 Å². The first-order chi connectivity index (χ1) is 17.5. The number of esters is 1. The number of carbonyl (C=O) groups excluding carboxylic acids is 1. The minimum Gasteiger partial charge on any atom is -0.481 e. The van der Waals surface area contributed by atoms with Crippen LogP contribution in [0.25, 0.3) is 6.08 Å². The molecular formula is C31H31NO4. The summed E-state index contributed by atoms with van der Waals surface area (Å²) in [7, 11) is 0. The first kappa shape index (κ1) is 25.0. The highest BCUT2D eigenvalue weighted by molar-refractivity contribution is 5.93. The van der Waals surface area contributed by atoms with Crippen LogP contribution in [0.3, 0.4) is 0 Å². The van der Waals surface area contributed by atoms with Gasteiger partial charge in [0, 0.05) is 11.6 Å². The topological polar surface area (TPSA) is 75.6 Å². The van der Waals surface area contributed by atoms with E-state index in [0.717, 1.165) is 16.7 Å². The van der Waals surface area contributed by atoms with E-state index >= 15 is 0 Å². The van der Waals surface area contributed by atoms with E-state index in [1.807, 2.05) is 110 Å². The Morgan fingerprint density at radius 2 is 1.53 bits per heavy atom. The van der Waals surface area contributed by atoms with Crippen molar-refractivity contribution in [1.29, 1.82) is 0 Å². The summed E-state index contributed by atoms with van der Waals surface area (Å²) in [4.78, 5) is 26.8. The Hall–Kier alpha value is -4.12. The summed E-state index contributed by atoms with van der Waals surface area (Å²) in [5.41, 5.74) is 2.20. The first-order valence-electron chi connectivity index (χ1n) is 12.2. The standard InChI is InChI=1S/C31H31NO4/c1-3-36-29(33)27-22(2)32-28(25-17-11-6-12-18-25)31(30(34)35,21-24-15-9-5-10-16-24)26(27)20-19-23-13-7-4-8-14-23/h4-20,26,28,32H,3,21H2,1-2H3,(H,34,35)/b20-19+. The number of ether oxygens (including phenoxy) is 1. The molecule has 0 radical (unpaired) electrons. The van der Waals surface area contributed by atoms with E-state index in [2.05, 4.69) is 5.32 Å². The molecule has 1 aliphatic heterocycles. The minimum absolute atomic E-state index is 0.200. The van der Waals surface area contributed by atoms with E-state index in [-0.39, 0.29) is 13.0 Å². The zero-order chi connectivity index (χ0) is 25.5. The van der Waals surface area contributed by atoms with Gasteiger partial charge in [-0.05, 0) is 37.0 Å². The number of allylic oxidation sites excluding steroid dienone is 2. The lowest BCUT2D eigenvalue weighted by Crippen LogP contribution is -2.54. The van der Waals surface area contributed by atoms with Crippen LogP contribution in [-0.2, 0) is 20.7 Å². The Labute approximate surface area is 212 Å². The zero-order valence-corrected chi connectivity index (χ0v) is 20.6. The average molecular weight is 482 g/mol. The summed E-state index contributed by atoms with van der Waals surface area (Å²) in [6.45, 7) is 3.77. The first-order valence-corrected chi connectivity index (χ1v) is 12.2. The summed E-state index contributed by atoms with van der Waals surface area (Å²) in [6, 6.07) is 28.3. The molecule has 5 heteroatoms. The maximum absolute atomic E-state index is 13.5. The Bertz CT molecular complexity index is 1250. The van der Waals surface area contributed by atoms with Gasteiger partial charge in [-0.2, -0.15) is 0 Å². The highest BCUT2D eigenvalue weighted by Crippen LogP contribution is 2.51. The third kappa shape index (κ3) is 4.96. The van der Waals surface area contributed by atoms with Crippen molar-refractivity contribution in [2.75, 3.05) is 6.61 Å². The van der Waals surface area contributed by atoms with Gasteiger partial charge in [0.25, 0.3) is 0 Å². The molecule has 0 saturated carbocycles. The van der Waals surface area contributed by atoms with Gasteiger partial charge in [0.2, 0.25) is 0 Å². The second-order valence-electron chi connectivity index (χ2n) is 9.00. The third-order valence-corrected chi connectivity index (χ3v) is 6.79. The number of nitrogens with one attached hydrogen (secondary N) is 1. The number of aliphatic carboxylic acids is 1. The molecule has 1 heterocycles. The smallest absolute Gasteiger partial charge is 0.336 e. The van der Waals surface area contributed by atoms with Gasteiger partial charge in [0.15, 0.2) is 0 Å². The SMILES string of the molecule is CCOC(=O)C1=C(C)NC(c2ccccc2)C(Cc2ccccc2)(C(=O)O)C1/C=C/c1ccccc1. The maximum Gasteiger partial charge on any atom is 0.336 e. The molecular weight excluding hydrogens is 450 g/mol. The van der Waals surface area contributed by atoms with Crippen LogP contribution in [0.5, 0.6) is 0 Å². The summed E-state index contributed by atoms with van der Waals surface area (Å²) in [5, 5.41) is 14.4. The lowest BCUT2D eigenvalue weighted by Gasteiger charge is -2.47. The van der Waals surface area contributed by atoms with Gasteiger partial charge < -0.3 is 15.2 Å². The van der Waals surface area contributed by atoms with E-state index in [4.69, 9.17) is 4.74 Å². The maximum atomic E-state index is 13.5. The van der Waals surface area contributed by atoms with E-state index in [9.17, 15) is 14.7 Å². The lowest BCUT2D eigenvalue weighted by molar-refractivity contribution is -0.155. The van der Waals surface area contributed by atoms with Crippen LogP contribution >= 0.6 is 0 Å². The molecule has 0 aliphatic carbocycles. The molecule has 0 spiro atoms. The number of carbonyl (C=O) groups is 2. The van der Waals surface area contributed by atoms with Crippen molar-refractivity contribution in [1.82, 2.24) is 5.32 Å². The molecule has 36 heavy (non-hydrogen) atoms. The Kier molecular flexibility index (Phi) is 7.69. The summed E-state index contributed by atoms with van der Waals surface area (Å²) >= 11 is 0. The van der Waals surface area contributed by atoms with E-state index in [1.54, 1.807) is 6.92 Å². The highest BCUT2D eigenvalue weighted by atomic mass is 16.5. The average Bonchev–Trinajstić information content (AvgIpc) is 2.90. The van der Waals surface area contributed by atoms with Crippen molar-refractivity contribution in [3.05, 3.63) is 125 Å². The Morgan fingerprint density at radius 1 is 0.944 bits per heavy atom. The van der Waals surface area contributed by atoms with Crippen LogP contribution in [0.15, 0.2) is 108 Å². The molecule has 0 bridgehead atoms. The van der Waals surface area contributed by atoms with Gasteiger partial charge in [0.1, 0.15) is 5.41 Å². The molecule has 2 N–H and O–H groups in total. The van der Waals surface area contributed by atoms with Gasteiger partial charge in [-0.15, -0.1) is 0 Å². The van der Waals surface area contributed by atoms with Crippen LogP contribution in [-0.4, -0.2) is 23.7 Å². The summed E-state index contributed by atoms with van der Waals surface area (Å²) < 4.78 is 5.43. The monoisotopic (exact) mass is 481 g/mol. The van der Waals surface area contributed by atoms with E-state index in [1.165, 1.54) is 0 Å². The second-order valence-corrected chi connectivity index (χ2v) is 9.00. The van der Waals surface area contributed by atoms with Crippen molar-refractivity contribution < 1.29 is 19.4 Å². The molecule has 184 valence electrons. The van der Waals surface area contributed by atoms with Gasteiger partial charge in [-0.25, -0.2) is 4.79 Å². The van der Waals surface area contributed by atoms with Crippen LogP contribution in [0.1, 0.15) is 36.6 Å². The number of hydrogen-bond donors (Lipinski definition) is 2. The number of carboxylic acids is 1. The third-order valence-electron chi connectivity index (χ3n) is 6.79. The predicted molar refractivity (Wildman–Crippen MR) is 141 cm³/mol. The number of carboxylic acid groups (broad SMARTS) is 1. The van der Waals surface area contributed by atoms with Crippen molar-refractivity contribution >= 4 is 18.0 Å².